The average molecular weight is 203 g/mol. The molecule has 0 aliphatic carbocycles. The molecule has 1 rings (SSSR count). The zero-order valence-corrected chi connectivity index (χ0v) is 7.50. The zero-order chi connectivity index (χ0) is 9.84. The molecule has 0 spiro atoms. The van der Waals surface area contributed by atoms with Crippen molar-refractivity contribution < 1.29 is 14.7 Å². The number of aromatic nitrogens is 1. The maximum atomic E-state index is 10.8. The summed E-state index contributed by atoms with van der Waals surface area (Å²) in [5, 5.41) is 8.36. The van der Waals surface area contributed by atoms with E-state index in [2.05, 4.69) is 4.98 Å². The molecule has 0 unspecified atom stereocenters. The van der Waals surface area contributed by atoms with Crippen molar-refractivity contribution in [2.75, 3.05) is 7.11 Å². The summed E-state index contributed by atoms with van der Waals surface area (Å²) in [6, 6.07) is 2.87. The second kappa shape index (κ2) is 4.06. The van der Waals surface area contributed by atoms with E-state index in [9.17, 15) is 4.79 Å². The van der Waals surface area contributed by atoms with Crippen molar-refractivity contribution in [2.45, 2.75) is 0 Å². The van der Waals surface area contributed by atoms with Crippen molar-refractivity contribution in [1.82, 2.24) is 10.5 Å². The normalized spacial score (nSPS) is 9.46. The smallest absolute Gasteiger partial charge is 0.293 e. The third-order valence-electron chi connectivity index (χ3n) is 1.37. The fraction of sp³-hybridized carbons (Fsp3) is 0.143. The van der Waals surface area contributed by atoms with Gasteiger partial charge in [0.2, 0.25) is 0 Å². The van der Waals surface area contributed by atoms with Gasteiger partial charge in [0.05, 0.1) is 7.11 Å². The number of carbonyl (C=O) groups is 1. The fourth-order valence-electron chi connectivity index (χ4n) is 0.757. The Kier molecular flexibility index (Phi) is 3.05. The first-order valence-corrected chi connectivity index (χ1v) is 3.71. The largest absolute Gasteiger partial charge is 0.494 e. The number of amides is 1. The summed E-state index contributed by atoms with van der Waals surface area (Å²) in [6.07, 6.45) is 0. The van der Waals surface area contributed by atoms with Gasteiger partial charge in [-0.25, -0.2) is 10.5 Å². The molecule has 2 N–H and O–H groups in total. The van der Waals surface area contributed by atoms with E-state index < -0.39 is 5.91 Å². The number of rotatable bonds is 2. The van der Waals surface area contributed by atoms with Gasteiger partial charge in [0.1, 0.15) is 5.69 Å². The zero-order valence-electron chi connectivity index (χ0n) is 6.74. The van der Waals surface area contributed by atoms with E-state index in [1.165, 1.54) is 24.7 Å². The molecule has 0 atom stereocenters. The maximum Gasteiger partial charge on any atom is 0.293 e. The van der Waals surface area contributed by atoms with Crippen molar-refractivity contribution in [2.24, 2.45) is 0 Å². The lowest BCUT2D eigenvalue weighted by atomic mass is 10.3. The molecule has 0 aliphatic rings. The number of nitrogens with zero attached hydrogens (tertiary/aromatic N) is 1. The van der Waals surface area contributed by atoms with Crippen molar-refractivity contribution in [1.29, 1.82) is 0 Å². The van der Waals surface area contributed by atoms with E-state index in [4.69, 9.17) is 21.5 Å². The van der Waals surface area contributed by atoms with Crippen LogP contribution in [-0.4, -0.2) is 23.2 Å². The number of halogens is 1. The summed E-state index contributed by atoms with van der Waals surface area (Å²) in [5.41, 5.74) is 1.47. The van der Waals surface area contributed by atoms with Gasteiger partial charge >= 0.3 is 0 Å². The maximum absolute atomic E-state index is 10.8. The molecule has 1 heterocycles. The molecule has 1 aromatic heterocycles. The van der Waals surface area contributed by atoms with Crippen LogP contribution in [0, 0.1) is 0 Å². The number of hydrogen-bond donors (Lipinski definition) is 2. The molecule has 1 amide bonds. The lowest BCUT2D eigenvalue weighted by Crippen LogP contribution is -2.19. The lowest BCUT2D eigenvalue weighted by Gasteiger charge is -2.02. The standard InChI is InChI=1S/C7H7ClN2O3/c1-13-5-3-2-4(7(11)10-12)9-6(5)8/h2-3,12H,1H3,(H,10,11). The number of hydrogen-bond acceptors (Lipinski definition) is 4. The summed E-state index contributed by atoms with van der Waals surface area (Å²) in [6.45, 7) is 0. The predicted molar refractivity (Wildman–Crippen MR) is 45.1 cm³/mol. The van der Waals surface area contributed by atoms with Crippen LogP contribution < -0.4 is 10.2 Å². The van der Waals surface area contributed by atoms with Crippen LogP contribution in [0.1, 0.15) is 10.5 Å². The highest BCUT2D eigenvalue weighted by Gasteiger charge is 2.09. The molecule has 0 fully saturated rings. The Bertz CT molecular complexity index is 330. The fourth-order valence-corrected chi connectivity index (χ4v) is 0.989. The van der Waals surface area contributed by atoms with Crippen molar-refractivity contribution >= 4 is 17.5 Å². The van der Waals surface area contributed by atoms with Crippen LogP contribution in [0.5, 0.6) is 5.75 Å². The summed E-state index contributed by atoms with van der Waals surface area (Å²) < 4.78 is 4.82. The van der Waals surface area contributed by atoms with Crippen molar-refractivity contribution in [3.05, 3.63) is 23.0 Å². The second-order valence-electron chi connectivity index (χ2n) is 2.13. The Hall–Kier alpha value is -1.33. The summed E-state index contributed by atoms with van der Waals surface area (Å²) in [4.78, 5) is 14.5. The van der Waals surface area contributed by atoms with Gasteiger partial charge < -0.3 is 4.74 Å². The molecule has 0 aliphatic heterocycles. The van der Waals surface area contributed by atoms with Crippen LogP contribution in [-0.2, 0) is 0 Å². The quantitative estimate of drug-likeness (QED) is 0.424. The first kappa shape index (κ1) is 9.76. The Labute approximate surface area is 79.3 Å². The van der Waals surface area contributed by atoms with E-state index in [1.54, 1.807) is 0 Å². The third kappa shape index (κ3) is 2.07. The van der Waals surface area contributed by atoms with Crippen LogP contribution >= 0.6 is 11.6 Å². The van der Waals surface area contributed by atoms with Gasteiger partial charge in [0.15, 0.2) is 10.9 Å². The van der Waals surface area contributed by atoms with Gasteiger partial charge in [-0.15, -0.1) is 0 Å². The Morgan fingerprint density at radius 3 is 2.85 bits per heavy atom. The summed E-state index contributed by atoms with van der Waals surface area (Å²) in [7, 11) is 1.44. The van der Waals surface area contributed by atoms with Gasteiger partial charge in [0.25, 0.3) is 5.91 Å². The highest BCUT2D eigenvalue weighted by atomic mass is 35.5. The van der Waals surface area contributed by atoms with Gasteiger partial charge in [0, 0.05) is 0 Å². The van der Waals surface area contributed by atoms with Gasteiger partial charge in [-0.05, 0) is 12.1 Å². The first-order valence-electron chi connectivity index (χ1n) is 3.34. The molecule has 5 nitrogen and oxygen atoms in total. The van der Waals surface area contributed by atoms with Crippen molar-refractivity contribution in [3.8, 4) is 5.75 Å². The molecule has 6 heteroatoms. The molecule has 0 aromatic carbocycles. The van der Waals surface area contributed by atoms with Crippen molar-refractivity contribution in [3.63, 3.8) is 0 Å². The predicted octanol–water partition coefficient (Wildman–Crippen LogP) is 0.863. The summed E-state index contributed by atoms with van der Waals surface area (Å²) >= 11 is 5.63. The SMILES string of the molecule is COc1ccc(C(=O)NO)nc1Cl. The average Bonchev–Trinajstić information content (AvgIpc) is 2.16. The van der Waals surface area contributed by atoms with Crippen LogP contribution in [0.3, 0.4) is 0 Å². The molecule has 0 radical (unpaired) electrons. The molecular formula is C7H7ClN2O3. The first-order chi connectivity index (χ1) is 6.19. The van der Waals surface area contributed by atoms with Crippen LogP contribution in [0.15, 0.2) is 12.1 Å². The minimum atomic E-state index is -0.718. The highest BCUT2D eigenvalue weighted by Crippen LogP contribution is 2.21. The van der Waals surface area contributed by atoms with Crippen LogP contribution in [0.2, 0.25) is 5.15 Å². The Balaban J connectivity index is 3.02. The number of pyridine rings is 1. The lowest BCUT2D eigenvalue weighted by molar-refractivity contribution is 0.0700. The molecule has 70 valence electrons. The number of methoxy groups -OCH3 is 1. The minimum absolute atomic E-state index is 0.0216. The van der Waals surface area contributed by atoms with E-state index in [0.29, 0.717) is 5.75 Å². The minimum Gasteiger partial charge on any atom is -0.494 e. The molecule has 0 saturated carbocycles. The highest BCUT2D eigenvalue weighted by molar-refractivity contribution is 6.31. The number of carbonyl (C=O) groups excluding carboxylic acids is 1. The van der Waals surface area contributed by atoms with E-state index in [0.717, 1.165) is 0 Å². The molecule has 0 saturated heterocycles. The van der Waals surface area contributed by atoms with E-state index in [-0.39, 0.29) is 10.8 Å². The Morgan fingerprint density at radius 1 is 1.69 bits per heavy atom. The Morgan fingerprint density at radius 2 is 2.38 bits per heavy atom. The van der Waals surface area contributed by atoms with Gasteiger partial charge in [-0.2, -0.15) is 0 Å². The molecular weight excluding hydrogens is 196 g/mol. The van der Waals surface area contributed by atoms with E-state index >= 15 is 0 Å². The van der Waals surface area contributed by atoms with Gasteiger partial charge in [-0.1, -0.05) is 11.6 Å². The monoisotopic (exact) mass is 202 g/mol. The number of ether oxygens (including phenoxy) is 1. The molecule has 1 aromatic rings. The molecule has 0 bridgehead atoms. The van der Waals surface area contributed by atoms with Crippen LogP contribution in [0.4, 0.5) is 0 Å². The van der Waals surface area contributed by atoms with E-state index in [1.807, 2.05) is 0 Å². The van der Waals surface area contributed by atoms with Gasteiger partial charge in [-0.3, -0.25) is 10.0 Å². The third-order valence-corrected chi connectivity index (χ3v) is 1.64. The summed E-state index contributed by atoms with van der Waals surface area (Å²) in [5.74, 6) is -0.347. The molecule has 13 heavy (non-hydrogen) atoms. The van der Waals surface area contributed by atoms with Crippen LogP contribution in [0.25, 0.3) is 0 Å². The topological polar surface area (TPSA) is 71.5 Å². The number of hydroxylamine groups is 1. The number of nitrogens with one attached hydrogen (secondary N) is 1. The second-order valence-corrected chi connectivity index (χ2v) is 2.49.